The molecule has 0 bridgehead atoms. The summed E-state index contributed by atoms with van der Waals surface area (Å²) in [6.45, 7) is 0.125. The molecule has 1 aromatic rings. The van der Waals surface area contributed by atoms with Crippen LogP contribution in [0.1, 0.15) is 12.0 Å². The Balaban J connectivity index is 2.66. The molecule has 108 valence electrons. The number of aliphatic hydroxyl groups is 1. The Labute approximate surface area is 113 Å². The molecule has 7 heteroatoms. The van der Waals surface area contributed by atoms with Crippen LogP contribution in [0.4, 0.5) is 5.69 Å². The lowest BCUT2D eigenvalue weighted by atomic mass is 10.2. The molecule has 1 atom stereocenters. The molecule has 0 aliphatic rings. The van der Waals surface area contributed by atoms with Crippen LogP contribution in [0.3, 0.4) is 0 Å². The van der Waals surface area contributed by atoms with E-state index in [4.69, 9.17) is 15.6 Å². The number of nitrogens with two attached hydrogens (primary N) is 1. The van der Waals surface area contributed by atoms with Crippen LogP contribution in [0.25, 0.3) is 0 Å². The molecule has 19 heavy (non-hydrogen) atoms. The SMILES string of the molecule is COCC(CCO)NS(=O)(=O)Cc1ccc(N)cc1. The van der Waals surface area contributed by atoms with Crippen molar-refractivity contribution >= 4 is 15.7 Å². The van der Waals surface area contributed by atoms with Crippen LogP contribution in [0.5, 0.6) is 0 Å². The highest BCUT2D eigenvalue weighted by Gasteiger charge is 2.18. The molecule has 0 saturated carbocycles. The third-order valence-electron chi connectivity index (χ3n) is 2.53. The third kappa shape index (κ3) is 6.02. The van der Waals surface area contributed by atoms with E-state index in [0.717, 1.165) is 0 Å². The average Bonchev–Trinajstić information content (AvgIpc) is 2.32. The number of benzene rings is 1. The number of aliphatic hydroxyl groups excluding tert-OH is 1. The van der Waals surface area contributed by atoms with Crippen LogP contribution in [0.2, 0.25) is 0 Å². The van der Waals surface area contributed by atoms with Crippen molar-refractivity contribution in [1.82, 2.24) is 4.72 Å². The molecular weight excluding hydrogens is 268 g/mol. The molecule has 0 radical (unpaired) electrons. The first-order valence-electron chi connectivity index (χ1n) is 5.91. The summed E-state index contributed by atoms with van der Waals surface area (Å²) in [5.74, 6) is -0.126. The molecule has 0 fully saturated rings. The van der Waals surface area contributed by atoms with E-state index in [9.17, 15) is 8.42 Å². The van der Waals surface area contributed by atoms with E-state index in [0.29, 0.717) is 17.7 Å². The van der Waals surface area contributed by atoms with E-state index in [1.807, 2.05) is 0 Å². The minimum atomic E-state index is -3.47. The molecule has 0 spiro atoms. The lowest BCUT2D eigenvalue weighted by Gasteiger charge is -2.17. The van der Waals surface area contributed by atoms with Gasteiger partial charge in [0.25, 0.3) is 0 Å². The van der Waals surface area contributed by atoms with Gasteiger partial charge in [0, 0.05) is 25.4 Å². The van der Waals surface area contributed by atoms with Gasteiger partial charge in [0.15, 0.2) is 0 Å². The van der Waals surface area contributed by atoms with Crippen LogP contribution in [0.15, 0.2) is 24.3 Å². The van der Waals surface area contributed by atoms with Gasteiger partial charge in [-0.2, -0.15) is 0 Å². The summed E-state index contributed by atoms with van der Waals surface area (Å²) in [4.78, 5) is 0. The average molecular weight is 288 g/mol. The smallest absolute Gasteiger partial charge is 0.216 e. The number of hydrogen-bond acceptors (Lipinski definition) is 5. The van der Waals surface area contributed by atoms with E-state index >= 15 is 0 Å². The van der Waals surface area contributed by atoms with Gasteiger partial charge in [-0.1, -0.05) is 12.1 Å². The number of nitrogens with one attached hydrogen (secondary N) is 1. The van der Waals surface area contributed by atoms with Crippen molar-refractivity contribution in [2.75, 3.05) is 26.1 Å². The first-order valence-corrected chi connectivity index (χ1v) is 7.56. The van der Waals surface area contributed by atoms with Gasteiger partial charge in [-0.25, -0.2) is 13.1 Å². The highest BCUT2D eigenvalue weighted by Crippen LogP contribution is 2.09. The number of hydrogen-bond donors (Lipinski definition) is 3. The molecule has 1 rings (SSSR count). The van der Waals surface area contributed by atoms with Crippen molar-refractivity contribution in [1.29, 1.82) is 0 Å². The minimum Gasteiger partial charge on any atom is -0.399 e. The second-order valence-electron chi connectivity index (χ2n) is 4.28. The molecule has 0 amide bonds. The fourth-order valence-corrected chi connectivity index (χ4v) is 3.07. The van der Waals surface area contributed by atoms with E-state index in [1.54, 1.807) is 24.3 Å². The van der Waals surface area contributed by atoms with Gasteiger partial charge in [0.2, 0.25) is 10.0 Å². The van der Waals surface area contributed by atoms with Crippen LogP contribution < -0.4 is 10.5 Å². The topological polar surface area (TPSA) is 102 Å². The number of nitrogen functional groups attached to an aromatic ring is 1. The monoisotopic (exact) mass is 288 g/mol. The normalized spacial score (nSPS) is 13.4. The Bertz CT molecular complexity index is 467. The number of sulfonamides is 1. The molecule has 0 aromatic heterocycles. The summed E-state index contributed by atoms with van der Waals surface area (Å²) in [6.07, 6.45) is 0.314. The van der Waals surface area contributed by atoms with E-state index in [-0.39, 0.29) is 19.0 Å². The van der Waals surface area contributed by atoms with Gasteiger partial charge in [-0.3, -0.25) is 0 Å². The molecule has 0 heterocycles. The Hall–Kier alpha value is -1.15. The Morgan fingerprint density at radius 1 is 1.37 bits per heavy atom. The summed E-state index contributed by atoms with van der Waals surface area (Å²) in [5, 5.41) is 8.88. The zero-order valence-corrected chi connectivity index (χ0v) is 11.7. The van der Waals surface area contributed by atoms with Crippen molar-refractivity contribution in [2.24, 2.45) is 0 Å². The summed E-state index contributed by atoms with van der Waals surface area (Å²) < 4.78 is 31.4. The van der Waals surface area contributed by atoms with Crippen molar-refractivity contribution in [2.45, 2.75) is 18.2 Å². The molecular formula is C12H20N2O4S. The summed E-state index contributed by atoms with van der Waals surface area (Å²) in [5.41, 5.74) is 6.78. The van der Waals surface area contributed by atoms with Gasteiger partial charge in [0.1, 0.15) is 0 Å². The molecule has 6 nitrogen and oxygen atoms in total. The summed E-state index contributed by atoms with van der Waals surface area (Å²) in [7, 11) is -1.99. The molecule has 1 aromatic carbocycles. The van der Waals surface area contributed by atoms with E-state index < -0.39 is 16.1 Å². The van der Waals surface area contributed by atoms with Crippen LogP contribution in [-0.4, -0.2) is 39.9 Å². The number of anilines is 1. The maximum Gasteiger partial charge on any atom is 0.216 e. The van der Waals surface area contributed by atoms with Crippen LogP contribution >= 0.6 is 0 Å². The first-order chi connectivity index (χ1) is 8.96. The number of rotatable bonds is 8. The van der Waals surface area contributed by atoms with Crippen LogP contribution in [0, 0.1) is 0 Å². The summed E-state index contributed by atoms with van der Waals surface area (Å²) >= 11 is 0. The fourth-order valence-electron chi connectivity index (χ4n) is 1.66. The minimum absolute atomic E-state index is 0.0988. The molecule has 4 N–H and O–H groups in total. The second kappa shape index (κ2) is 7.44. The van der Waals surface area contributed by atoms with Crippen molar-refractivity contribution < 1.29 is 18.3 Å². The third-order valence-corrected chi connectivity index (χ3v) is 3.93. The fraction of sp³-hybridized carbons (Fsp3) is 0.500. The van der Waals surface area contributed by atoms with E-state index in [1.165, 1.54) is 7.11 Å². The van der Waals surface area contributed by atoms with E-state index in [2.05, 4.69) is 4.72 Å². The highest BCUT2D eigenvalue weighted by atomic mass is 32.2. The Morgan fingerprint density at radius 3 is 2.53 bits per heavy atom. The Morgan fingerprint density at radius 2 is 2.00 bits per heavy atom. The molecule has 0 aliphatic carbocycles. The van der Waals surface area contributed by atoms with Crippen molar-refractivity contribution in [3.63, 3.8) is 0 Å². The molecule has 1 unspecified atom stereocenters. The highest BCUT2D eigenvalue weighted by molar-refractivity contribution is 7.88. The lowest BCUT2D eigenvalue weighted by Crippen LogP contribution is -2.39. The predicted molar refractivity (Wildman–Crippen MR) is 74.0 cm³/mol. The molecule has 0 saturated heterocycles. The van der Waals surface area contributed by atoms with Gasteiger partial charge >= 0.3 is 0 Å². The Kier molecular flexibility index (Phi) is 6.23. The van der Waals surface area contributed by atoms with Crippen molar-refractivity contribution in [3.8, 4) is 0 Å². The largest absolute Gasteiger partial charge is 0.399 e. The van der Waals surface area contributed by atoms with Crippen LogP contribution in [-0.2, 0) is 20.5 Å². The lowest BCUT2D eigenvalue weighted by molar-refractivity contribution is 0.158. The van der Waals surface area contributed by atoms with Gasteiger partial charge in [-0.05, 0) is 24.1 Å². The van der Waals surface area contributed by atoms with Gasteiger partial charge in [0.05, 0.1) is 12.4 Å². The van der Waals surface area contributed by atoms with Gasteiger partial charge in [-0.15, -0.1) is 0 Å². The summed E-state index contributed by atoms with van der Waals surface area (Å²) in [6, 6.07) is 6.24. The number of ether oxygens (including phenoxy) is 1. The van der Waals surface area contributed by atoms with Crippen molar-refractivity contribution in [3.05, 3.63) is 29.8 Å². The predicted octanol–water partition coefficient (Wildman–Crippen LogP) is 0.0856. The quantitative estimate of drug-likeness (QED) is 0.588. The maximum atomic E-state index is 12.0. The zero-order valence-electron chi connectivity index (χ0n) is 10.9. The standard InChI is InChI=1S/C12H20N2O4S/c1-18-8-12(6-7-15)14-19(16,17)9-10-2-4-11(13)5-3-10/h2-5,12,14-15H,6-9,13H2,1H3. The second-order valence-corrected chi connectivity index (χ2v) is 6.04. The first kappa shape index (κ1) is 15.9. The number of methoxy groups -OCH3 is 1. The maximum absolute atomic E-state index is 12.0. The molecule has 0 aliphatic heterocycles. The van der Waals surface area contributed by atoms with Gasteiger partial charge < -0.3 is 15.6 Å². The zero-order chi connectivity index (χ0) is 14.3.